The molecule has 0 aromatic heterocycles. The number of carbonyl (C=O) groups is 2. The third kappa shape index (κ3) is 2.31. The van der Waals surface area contributed by atoms with Crippen LogP contribution in [0.15, 0.2) is 0 Å². The van der Waals surface area contributed by atoms with Gasteiger partial charge in [-0.05, 0) is 33.1 Å². The van der Waals surface area contributed by atoms with Crippen LogP contribution < -0.4 is 5.32 Å². The quantitative estimate of drug-likeness (QED) is 0.813. The van der Waals surface area contributed by atoms with E-state index in [9.17, 15) is 9.59 Å². The lowest BCUT2D eigenvalue weighted by molar-refractivity contribution is -0.156. The van der Waals surface area contributed by atoms with Gasteiger partial charge >= 0.3 is 0 Å². The maximum absolute atomic E-state index is 12.5. The molecule has 4 nitrogen and oxygen atoms in total. The highest BCUT2D eigenvalue weighted by molar-refractivity contribution is 5.98. The van der Waals surface area contributed by atoms with Gasteiger partial charge < -0.3 is 10.2 Å². The Labute approximate surface area is 104 Å². The van der Waals surface area contributed by atoms with Crippen molar-refractivity contribution in [2.24, 2.45) is 0 Å². The molecule has 1 N–H and O–H groups in total. The summed E-state index contributed by atoms with van der Waals surface area (Å²) in [4.78, 5) is 26.0. The molecule has 0 radical (unpaired) electrons. The highest BCUT2D eigenvalue weighted by Crippen LogP contribution is 2.29. The van der Waals surface area contributed by atoms with E-state index in [4.69, 9.17) is 0 Å². The van der Waals surface area contributed by atoms with Gasteiger partial charge in [-0.1, -0.05) is 20.8 Å². The van der Waals surface area contributed by atoms with Crippen molar-refractivity contribution in [3.8, 4) is 0 Å². The highest BCUT2D eigenvalue weighted by Gasteiger charge is 2.46. The molecular formula is C13H24N2O2. The van der Waals surface area contributed by atoms with Crippen molar-refractivity contribution in [1.82, 2.24) is 10.2 Å². The lowest BCUT2D eigenvalue weighted by Crippen LogP contribution is -2.69. The molecule has 1 aliphatic rings. The number of hydrogen-bond donors (Lipinski definition) is 1. The van der Waals surface area contributed by atoms with Crippen LogP contribution in [0.3, 0.4) is 0 Å². The van der Waals surface area contributed by atoms with E-state index in [2.05, 4.69) is 26.1 Å². The number of amides is 2. The number of rotatable bonds is 4. The average Bonchev–Trinajstić information content (AvgIpc) is 2.32. The third-order valence-corrected chi connectivity index (χ3v) is 4.32. The minimum Gasteiger partial charge on any atom is -0.340 e. The molecule has 1 rings (SSSR count). The summed E-state index contributed by atoms with van der Waals surface area (Å²) in [5, 5.41) is 2.81. The molecule has 1 saturated heterocycles. The summed E-state index contributed by atoms with van der Waals surface area (Å²) in [5.41, 5.74) is -0.952. The SMILES string of the molecule is CCC1(C)NC(=O)CN(C(C)(CC)CC)C1=O. The molecular weight excluding hydrogens is 216 g/mol. The molecule has 1 heterocycles. The molecule has 17 heavy (non-hydrogen) atoms. The number of nitrogens with zero attached hydrogens (tertiary/aromatic N) is 1. The van der Waals surface area contributed by atoms with Crippen LogP contribution >= 0.6 is 0 Å². The van der Waals surface area contributed by atoms with Crippen LogP contribution in [0, 0.1) is 0 Å². The van der Waals surface area contributed by atoms with Crippen LogP contribution in [0.4, 0.5) is 0 Å². The van der Waals surface area contributed by atoms with E-state index in [-0.39, 0.29) is 23.9 Å². The van der Waals surface area contributed by atoms with Gasteiger partial charge in [0.15, 0.2) is 0 Å². The van der Waals surface area contributed by atoms with Crippen molar-refractivity contribution >= 4 is 11.8 Å². The largest absolute Gasteiger partial charge is 0.340 e. The summed E-state index contributed by atoms with van der Waals surface area (Å²) in [7, 11) is 0. The first-order valence-electron chi connectivity index (χ1n) is 6.46. The Morgan fingerprint density at radius 1 is 1.29 bits per heavy atom. The van der Waals surface area contributed by atoms with E-state index in [1.165, 1.54) is 0 Å². The Bertz CT molecular complexity index is 323. The topological polar surface area (TPSA) is 49.4 Å². The molecule has 1 unspecified atom stereocenters. The summed E-state index contributed by atoms with van der Waals surface area (Å²) >= 11 is 0. The summed E-state index contributed by atoms with van der Waals surface area (Å²) in [6.45, 7) is 10.1. The Hall–Kier alpha value is -1.06. The van der Waals surface area contributed by atoms with Gasteiger partial charge in [0.1, 0.15) is 12.1 Å². The molecule has 98 valence electrons. The van der Waals surface area contributed by atoms with E-state index in [0.29, 0.717) is 6.42 Å². The molecule has 0 aliphatic carbocycles. The minimum atomic E-state index is -0.735. The van der Waals surface area contributed by atoms with Crippen LogP contribution in [-0.2, 0) is 9.59 Å². The molecule has 0 bridgehead atoms. The summed E-state index contributed by atoms with van der Waals surface area (Å²) in [6, 6.07) is 0. The van der Waals surface area contributed by atoms with Gasteiger partial charge in [0.2, 0.25) is 11.8 Å². The van der Waals surface area contributed by atoms with E-state index in [1.54, 1.807) is 4.90 Å². The molecule has 0 spiro atoms. The average molecular weight is 240 g/mol. The zero-order chi connectivity index (χ0) is 13.3. The normalized spacial score (nSPS) is 26.1. The molecule has 0 saturated carbocycles. The lowest BCUT2D eigenvalue weighted by atomic mass is 9.86. The van der Waals surface area contributed by atoms with Crippen LogP contribution in [0.1, 0.15) is 53.9 Å². The first-order chi connectivity index (χ1) is 7.83. The Morgan fingerprint density at radius 3 is 2.24 bits per heavy atom. The second kappa shape index (κ2) is 4.67. The maximum Gasteiger partial charge on any atom is 0.248 e. The van der Waals surface area contributed by atoms with Gasteiger partial charge in [-0.3, -0.25) is 9.59 Å². The molecule has 1 aliphatic heterocycles. The van der Waals surface area contributed by atoms with Crippen molar-refractivity contribution in [1.29, 1.82) is 0 Å². The predicted molar refractivity (Wildman–Crippen MR) is 67.5 cm³/mol. The molecule has 2 amide bonds. The monoisotopic (exact) mass is 240 g/mol. The Balaban J connectivity index is 3.08. The Kier molecular flexibility index (Phi) is 3.84. The second-order valence-electron chi connectivity index (χ2n) is 5.33. The number of piperazine rings is 1. The summed E-state index contributed by atoms with van der Waals surface area (Å²) in [6.07, 6.45) is 2.35. The van der Waals surface area contributed by atoms with Crippen LogP contribution in [0.2, 0.25) is 0 Å². The summed E-state index contributed by atoms with van der Waals surface area (Å²) < 4.78 is 0. The summed E-state index contributed by atoms with van der Waals surface area (Å²) in [5.74, 6) is -0.00660. The van der Waals surface area contributed by atoms with E-state index < -0.39 is 5.54 Å². The van der Waals surface area contributed by atoms with Crippen molar-refractivity contribution < 1.29 is 9.59 Å². The smallest absolute Gasteiger partial charge is 0.248 e. The van der Waals surface area contributed by atoms with Crippen LogP contribution in [-0.4, -0.2) is 34.3 Å². The van der Waals surface area contributed by atoms with Crippen molar-refractivity contribution in [2.75, 3.05) is 6.54 Å². The molecule has 0 aromatic carbocycles. The Morgan fingerprint density at radius 2 is 1.82 bits per heavy atom. The first-order valence-corrected chi connectivity index (χ1v) is 6.46. The van der Waals surface area contributed by atoms with Gasteiger partial charge in [0, 0.05) is 5.54 Å². The van der Waals surface area contributed by atoms with Gasteiger partial charge in [-0.2, -0.15) is 0 Å². The number of hydrogen-bond acceptors (Lipinski definition) is 2. The lowest BCUT2D eigenvalue weighted by Gasteiger charge is -2.48. The van der Waals surface area contributed by atoms with Gasteiger partial charge in [0.25, 0.3) is 0 Å². The number of carbonyl (C=O) groups excluding carboxylic acids is 2. The number of nitrogens with one attached hydrogen (secondary N) is 1. The van der Waals surface area contributed by atoms with Gasteiger partial charge in [0.05, 0.1) is 0 Å². The third-order valence-electron chi connectivity index (χ3n) is 4.32. The molecule has 0 aromatic rings. The fourth-order valence-corrected chi connectivity index (χ4v) is 2.22. The fraction of sp³-hybridized carbons (Fsp3) is 0.846. The predicted octanol–water partition coefficient (Wildman–Crippen LogP) is 1.69. The van der Waals surface area contributed by atoms with Crippen molar-refractivity contribution in [3.05, 3.63) is 0 Å². The first kappa shape index (κ1) is 14.0. The molecule has 1 atom stereocenters. The van der Waals surface area contributed by atoms with E-state index in [1.807, 2.05) is 13.8 Å². The van der Waals surface area contributed by atoms with Crippen LogP contribution in [0.5, 0.6) is 0 Å². The van der Waals surface area contributed by atoms with E-state index >= 15 is 0 Å². The standard InChI is InChI=1S/C13H24N2O2/c1-6-12(4,7-2)15-9-10(16)14-13(5,8-3)11(15)17/h6-9H2,1-5H3,(H,14,16). The van der Waals surface area contributed by atoms with Gasteiger partial charge in [-0.25, -0.2) is 0 Å². The van der Waals surface area contributed by atoms with Crippen molar-refractivity contribution in [3.63, 3.8) is 0 Å². The fourth-order valence-electron chi connectivity index (χ4n) is 2.22. The van der Waals surface area contributed by atoms with Gasteiger partial charge in [-0.15, -0.1) is 0 Å². The van der Waals surface area contributed by atoms with Crippen molar-refractivity contribution in [2.45, 2.75) is 65.0 Å². The van der Waals surface area contributed by atoms with Crippen LogP contribution in [0.25, 0.3) is 0 Å². The minimum absolute atomic E-state index is 0.0470. The molecule has 1 fully saturated rings. The zero-order valence-electron chi connectivity index (χ0n) is 11.6. The maximum atomic E-state index is 12.5. The zero-order valence-corrected chi connectivity index (χ0v) is 11.6. The highest BCUT2D eigenvalue weighted by atomic mass is 16.2. The molecule has 4 heteroatoms. The van der Waals surface area contributed by atoms with E-state index in [0.717, 1.165) is 12.8 Å². The second-order valence-corrected chi connectivity index (χ2v) is 5.33.